The lowest BCUT2D eigenvalue weighted by Crippen LogP contribution is -2.02. The Bertz CT molecular complexity index is 785. The van der Waals surface area contributed by atoms with Crippen LogP contribution in [-0.2, 0) is 13.2 Å². The third-order valence-electron chi connectivity index (χ3n) is 3.24. The number of hydrogen-bond acceptors (Lipinski definition) is 3. The molecule has 1 heterocycles. The summed E-state index contributed by atoms with van der Waals surface area (Å²) in [4.78, 5) is 0. The predicted octanol–water partition coefficient (Wildman–Crippen LogP) is 4.89. The van der Waals surface area contributed by atoms with Crippen molar-refractivity contribution in [2.75, 3.05) is 0 Å². The van der Waals surface area contributed by atoms with Gasteiger partial charge in [-0.3, -0.25) is 0 Å². The molecule has 0 saturated carbocycles. The van der Waals surface area contributed by atoms with Gasteiger partial charge in [-0.15, -0.1) is 0 Å². The first-order valence-corrected chi connectivity index (χ1v) is 7.63. The Kier molecular flexibility index (Phi) is 4.19. The van der Waals surface area contributed by atoms with Gasteiger partial charge in [0.1, 0.15) is 23.7 Å². The molecule has 3 rings (SSSR count). The fourth-order valence-corrected chi connectivity index (χ4v) is 3.02. The van der Waals surface area contributed by atoms with Gasteiger partial charge in [-0.25, -0.2) is 0 Å². The fraction of sp³-hybridized carbons (Fsp3) is 0.125. The van der Waals surface area contributed by atoms with E-state index in [0.29, 0.717) is 23.9 Å². The summed E-state index contributed by atoms with van der Waals surface area (Å²) in [7, 11) is 0. The van der Waals surface area contributed by atoms with Gasteiger partial charge in [0, 0.05) is 22.5 Å². The zero-order chi connectivity index (χ0) is 14.8. The van der Waals surface area contributed by atoms with Crippen LogP contribution in [0.1, 0.15) is 11.3 Å². The number of hydrogen-bond donors (Lipinski definition) is 1. The van der Waals surface area contributed by atoms with Gasteiger partial charge in [-0.2, -0.15) is 0 Å². The summed E-state index contributed by atoms with van der Waals surface area (Å²) in [6, 6.07) is 13.2. The first-order valence-electron chi connectivity index (χ1n) is 6.46. The molecule has 3 aromatic rings. The minimum absolute atomic E-state index is 0.321. The van der Waals surface area contributed by atoms with Crippen LogP contribution in [0.5, 0.6) is 5.75 Å². The third kappa shape index (κ3) is 2.93. The molecule has 21 heavy (non-hydrogen) atoms. The van der Waals surface area contributed by atoms with E-state index < -0.39 is 0 Å². The SMILES string of the molecule is NCc1c(COc2ccc(Cl)cc2Br)oc2ccccc12. The summed E-state index contributed by atoms with van der Waals surface area (Å²) in [5, 5.41) is 1.69. The standard InChI is InChI=1S/C16H13BrClNO2/c17-13-7-10(18)5-6-15(13)20-9-16-12(8-19)11-3-1-2-4-14(11)21-16/h1-7H,8-9,19H2. The Morgan fingerprint density at radius 1 is 1.19 bits per heavy atom. The lowest BCUT2D eigenvalue weighted by molar-refractivity contribution is 0.271. The van der Waals surface area contributed by atoms with Crippen molar-refractivity contribution in [1.29, 1.82) is 0 Å². The molecule has 108 valence electrons. The van der Waals surface area contributed by atoms with Crippen LogP contribution in [-0.4, -0.2) is 0 Å². The fourth-order valence-electron chi connectivity index (χ4n) is 2.23. The molecule has 1 aromatic heterocycles. The average Bonchev–Trinajstić information content (AvgIpc) is 2.83. The number of halogens is 2. The summed E-state index contributed by atoms with van der Waals surface area (Å²) in [5.74, 6) is 1.46. The van der Waals surface area contributed by atoms with Gasteiger partial charge in [-0.1, -0.05) is 29.8 Å². The minimum Gasteiger partial charge on any atom is -0.484 e. The molecule has 0 saturated heterocycles. The number of ether oxygens (including phenoxy) is 1. The quantitative estimate of drug-likeness (QED) is 0.715. The molecule has 0 atom stereocenters. The van der Waals surface area contributed by atoms with Crippen molar-refractivity contribution >= 4 is 38.5 Å². The van der Waals surface area contributed by atoms with Crippen LogP contribution in [0.3, 0.4) is 0 Å². The first kappa shape index (κ1) is 14.4. The molecule has 0 aliphatic heterocycles. The van der Waals surface area contributed by atoms with Crippen LogP contribution >= 0.6 is 27.5 Å². The van der Waals surface area contributed by atoms with Crippen molar-refractivity contribution in [3.8, 4) is 5.75 Å². The highest BCUT2D eigenvalue weighted by atomic mass is 79.9. The van der Waals surface area contributed by atoms with Gasteiger partial charge >= 0.3 is 0 Å². The molecule has 0 radical (unpaired) electrons. The van der Waals surface area contributed by atoms with Crippen LogP contribution < -0.4 is 10.5 Å². The molecule has 2 aromatic carbocycles. The molecular weight excluding hydrogens is 354 g/mol. The highest BCUT2D eigenvalue weighted by Gasteiger charge is 2.13. The first-order chi connectivity index (χ1) is 10.2. The van der Waals surface area contributed by atoms with E-state index >= 15 is 0 Å². The van der Waals surface area contributed by atoms with Gasteiger partial charge in [-0.05, 0) is 40.2 Å². The van der Waals surface area contributed by atoms with E-state index in [-0.39, 0.29) is 0 Å². The largest absolute Gasteiger partial charge is 0.484 e. The van der Waals surface area contributed by atoms with Gasteiger partial charge in [0.15, 0.2) is 0 Å². The predicted molar refractivity (Wildman–Crippen MR) is 87.6 cm³/mol. The molecule has 0 fully saturated rings. The normalized spacial score (nSPS) is 11.0. The molecule has 0 spiro atoms. The molecule has 2 N–H and O–H groups in total. The Morgan fingerprint density at radius 3 is 2.76 bits per heavy atom. The van der Waals surface area contributed by atoms with Crippen LogP contribution in [0.4, 0.5) is 0 Å². The van der Waals surface area contributed by atoms with Crippen molar-refractivity contribution in [3.05, 3.63) is 63.3 Å². The van der Waals surface area contributed by atoms with Gasteiger partial charge in [0.05, 0.1) is 4.47 Å². The van der Waals surface area contributed by atoms with E-state index in [1.54, 1.807) is 12.1 Å². The van der Waals surface area contributed by atoms with E-state index in [1.807, 2.05) is 30.3 Å². The second kappa shape index (κ2) is 6.10. The van der Waals surface area contributed by atoms with Crippen LogP contribution in [0.15, 0.2) is 51.4 Å². The summed E-state index contributed by atoms with van der Waals surface area (Å²) in [6.45, 7) is 0.735. The lowest BCUT2D eigenvalue weighted by atomic mass is 10.1. The number of benzene rings is 2. The number of nitrogens with two attached hydrogens (primary N) is 1. The second-order valence-electron chi connectivity index (χ2n) is 4.57. The third-order valence-corrected chi connectivity index (χ3v) is 4.09. The molecule has 0 bridgehead atoms. The molecule has 3 nitrogen and oxygen atoms in total. The summed E-state index contributed by atoms with van der Waals surface area (Å²) < 4.78 is 12.4. The Balaban J connectivity index is 1.88. The number of fused-ring (bicyclic) bond motifs is 1. The Hall–Kier alpha value is -1.49. The van der Waals surface area contributed by atoms with E-state index in [2.05, 4.69) is 15.9 Å². The number of rotatable bonds is 4. The van der Waals surface area contributed by atoms with Gasteiger partial charge in [0.2, 0.25) is 0 Å². The highest BCUT2D eigenvalue weighted by Crippen LogP contribution is 2.30. The molecule has 0 unspecified atom stereocenters. The molecule has 0 aliphatic rings. The minimum atomic E-state index is 0.321. The van der Waals surface area contributed by atoms with Crippen LogP contribution in [0.25, 0.3) is 11.0 Å². The molecule has 0 aliphatic carbocycles. The monoisotopic (exact) mass is 365 g/mol. The average molecular weight is 367 g/mol. The van der Waals surface area contributed by atoms with Crippen LogP contribution in [0, 0.1) is 0 Å². The topological polar surface area (TPSA) is 48.4 Å². The van der Waals surface area contributed by atoms with E-state index in [1.165, 1.54) is 0 Å². The van der Waals surface area contributed by atoms with E-state index in [9.17, 15) is 0 Å². The van der Waals surface area contributed by atoms with Gasteiger partial charge < -0.3 is 14.9 Å². The second-order valence-corrected chi connectivity index (χ2v) is 5.86. The van der Waals surface area contributed by atoms with Crippen molar-refractivity contribution in [3.63, 3.8) is 0 Å². The van der Waals surface area contributed by atoms with E-state index in [0.717, 1.165) is 26.8 Å². The summed E-state index contributed by atoms with van der Waals surface area (Å²) >= 11 is 9.34. The molecule has 0 amide bonds. The maximum atomic E-state index is 5.91. The maximum Gasteiger partial charge on any atom is 0.147 e. The van der Waals surface area contributed by atoms with Crippen molar-refractivity contribution in [2.24, 2.45) is 5.73 Å². The summed E-state index contributed by atoms with van der Waals surface area (Å²) in [5.41, 5.74) is 7.65. The van der Waals surface area contributed by atoms with E-state index in [4.69, 9.17) is 26.5 Å². The Morgan fingerprint density at radius 2 is 2.00 bits per heavy atom. The highest BCUT2D eigenvalue weighted by molar-refractivity contribution is 9.10. The Labute approximate surface area is 135 Å². The summed E-state index contributed by atoms with van der Waals surface area (Å²) in [6.07, 6.45) is 0. The molecule has 5 heteroatoms. The van der Waals surface area contributed by atoms with Crippen molar-refractivity contribution in [2.45, 2.75) is 13.2 Å². The smallest absolute Gasteiger partial charge is 0.147 e. The van der Waals surface area contributed by atoms with Crippen LogP contribution in [0.2, 0.25) is 5.02 Å². The zero-order valence-electron chi connectivity index (χ0n) is 11.1. The van der Waals surface area contributed by atoms with Crippen molar-refractivity contribution in [1.82, 2.24) is 0 Å². The number of furan rings is 1. The molecular formula is C16H13BrClNO2. The number of para-hydroxylation sites is 1. The lowest BCUT2D eigenvalue weighted by Gasteiger charge is -2.07. The van der Waals surface area contributed by atoms with Crippen molar-refractivity contribution < 1.29 is 9.15 Å². The zero-order valence-corrected chi connectivity index (χ0v) is 13.4. The maximum absolute atomic E-state index is 5.91. The van der Waals surface area contributed by atoms with Gasteiger partial charge in [0.25, 0.3) is 0 Å².